The number of carbonyl (C=O) groups excluding carboxylic acids is 1. The highest BCUT2D eigenvalue weighted by Gasteiger charge is 2.26. The van der Waals surface area contributed by atoms with Gasteiger partial charge in [0.1, 0.15) is 0 Å². The summed E-state index contributed by atoms with van der Waals surface area (Å²) in [7, 11) is 0. The minimum absolute atomic E-state index is 0.0642. The molecule has 0 spiro atoms. The fraction of sp³-hybridized carbons (Fsp3) is 0.588. The number of hydrogen-bond donors (Lipinski definition) is 1. The van der Waals surface area contributed by atoms with Gasteiger partial charge in [0.2, 0.25) is 5.91 Å². The van der Waals surface area contributed by atoms with Crippen LogP contribution >= 0.6 is 0 Å². The lowest BCUT2D eigenvalue weighted by Gasteiger charge is -2.34. The van der Waals surface area contributed by atoms with E-state index in [1.165, 1.54) is 12.0 Å². The molecule has 4 nitrogen and oxygen atoms in total. The number of anilines is 1. The maximum Gasteiger partial charge on any atom is 0.239 e. The SMILES string of the molecule is CCN(Cc1ccc(N)cc1)C(C)C(=O)N1CCCCC1. The van der Waals surface area contributed by atoms with E-state index in [0.717, 1.165) is 44.7 Å². The molecule has 21 heavy (non-hydrogen) atoms. The van der Waals surface area contributed by atoms with Crippen molar-refractivity contribution in [2.45, 2.75) is 45.7 Å². The Kier molecular flexibility index (Phi) is 5.62. The van der Waals surface area contributed by atoms with Gasteiger partial charge in [-0.05, 0) is 50.4 Å². The summed E-state index contributed by atoms with van der Waals surface area (Å²) in [4.78, 5) is 16.9. The fourth-order valence-corrected chi connectivity index (χ4v) is 2.91. The zero-order valence-corrected chi connectivity index (χ0v) is 13.2. The molecule has 1 saturated heterocycles. The largest absolute Gasteiger partial charge is 0.399 e. The number of nitrogens with two attached hydrogens (primary N) is 1. The summed E-state index contributed by atoms with van der Waals surface area (Å²) in [5.74, 6) is 0.270. The Balaban J connectivity index is 1.98. The van der Waals surface area contributed by atoms with Crippen LogP contribution in [0.1, 0.15) is 38.7 Å². The summed E-state index contributed by atoms with van der Waals surface area (Å²) in [5.41, 5.74) is 7.70. The van der Waals surface area contributed by atoms with Gasteiger partial charge in [0, 0.05) is 25.3 Å². The molecule has 1 heterocycles. The van der Waals surface area contributed by atoms with Crippen molar-refractivity contribution >= 4 is 11.6 Å². The zero-order chi connectivity index (χ0) is 15.2. The van der Waals surface area contributed by atoms with Crippen molar-refractivity contribution in [1.29, 1.82) is 0 Å². The van der Waals surface area contributed by atoms with Crippen LogP contribution in [0.2, 0.25) is 0 Å². The molecule has 0 aliphatic carbocycles. The molecule has 1 aromatic carbocycles. The first-order chi connectivity index (χ1) is 10.1. The second-order valence-electron chi connectivity index (χ2n) is 5.87. The molecule has 116 valence electrons. The van der Waals surface area contributed by atoms with Crippen LogP contribution in [0.15, 0.2) is 24.3 Å². The zero-order valence-electron chi connectivity index (χ0n) is 13.2. The highest BCUT2D eigenvalue weighted by molar-refractivity contribution is 5.81. The summed E-state index contributed by atoms with van der Waals surface area (Å²) in [5, 5.41) is 0. The molecule has 0 radical (unpaired) electrons. The van der Waals surface area contributed by atoms with E-state index < -0.39 is 0 Å². The molecule has 1 unspecified atom stereocenters. The van der Waals surface area contributed by atoms with Crippen molar-refractivity contribution in [2.24, 2.45) is 0 Å². The van der Waals surface area contributed by atoms with Gasteiger partial charge in [0.15, 0.2) is 0 Å². The number of amides is 1. The number of benzene rings is 1. The van der Waals surface area contributed by atoms with Crippen LogP contribution in [0, 0.1) is 0 Å². The van der Waals surface area contributed by atoms with Gasteiger partial charge in [-0.15, -0.1) is 0 Å². The van der Waals surface area contributed by atoms with E-state index in [4.69, 9.17) is 5.73 Å². The molecule has 1 amide bonds. The van der Waals surface area contributed by atoms with Crippen LogP contribution in [-0.4, -0.2) is 41.4 Å². The fourth-order valence-electron chi connectivity index (χ4n) is 2.91. The highest BCUT2D eigenvalue weighted by Crippen LogP contribution is 2.15. The summed E-state index contributed by atoms with van der Waals surface area (Å²) in [6, 6.07) is 7.85. The Labute approximate surface area is 127 Å². The molecule has 0 bridgehead atoms. The van der Waals surface area contributed by atoms with Crippen LogP contribution in [0.25, 0.3) is 0 Å². The molecule has 1 atom stereocenters. The second kappa shape index (κ2) is 7.46. The van der Waals surface area contributed by atoms with E-state index in [1.54, 1.807) is 0 Å². The first kappa shape index (κ1) is 15.8. The van der Waals surface area contributed by atoms with Gasteiger partial charge in [-0.1, -0.05) is 19.1 Å². The minimum Gasteiger partial charge on any atom is -0.399 e. The predicted molar refractivity (Wildman–Crippen MR) is 86.8 cm³/mol. The topological polar surface area (TPSA) is 49.6 Å². The number of rotatable bonds is 5. The van der Waals surface area contributed by atoms with Crippen LogP contribution in [-0.2, 0) is 11.3 Å². The van der Waals surface area contributed by atoms with E-state index in [9.17, 15) is 4.79 Å². The van der Waals surface area contributed by atoms with Crippen LogP contribution in [0.3, 0.4) is 0 Å². The number of likely N-dealkylation sites (N-methyl/N-ethyl adjacent to an activating group) is 1. The second-order valence-corrected chi connectivity index (χ2v) is 5.87. The maximum absolute atomic E-state index is 12.6. The van der Waals surface area contributed by atoms with E-state index in [-0.39, 0.29) is 11.9 Å². The van der Waals surface area contributed by atoms with E-state index in [1.807, 2.05) is 36.1 Å². The van der Waals surface area contributed by atoms with Crippen molar-refractivity contribution in [3.05, 3.63) is 29.8 Å². The van der Waals surface area contributed by atoms with Crippen molar-refractivity contribution < 1.29 is 4.79 Å². The molecule has 1 fully saturated rings. The molecule has 2 N–H and O–H groups in total. The van der Waals surface area contributed by atoms with E-state index in [0.29, 0.717) is 0 Å². The van der Waals surface area contributed by atoms with Gasteiger partial charge in [-0.2, -0.15) is 0 Å². The minimum atomic E-state index is -0.0642. The number of piperidine rings is 1. The van der Waals surface area contributed by atoms with E-state index >= 15 is 0 Å². The molecule has 4 heteroatoms. The van der Waals surface area contributed by atoms with Gasteiger partial charge in [-0.25, -0.2) is 0 Å². The summed E-state index contributed by atoms with van der Waals surface area (Å²) in [6.07, 6.45) is 3.53. The van der Waals surface area contributed by atoms with Crippen molar-refractivity contribution in [1.82, 2.24) is 9.80 Å². The number of carbonyl (C=O) groups is 1. The van der Waals surface area contributed by atoms with E-state index in [2.05, 4.69) is 11.8 Å². The number of nitrogen functional groups attached to an aromatic ring is 1. The first-order valence-corrected chi connectivity index (χ1v) is 7.99. The van der Waals surface area contributed by atoms with Gasteiger partial charge in [0.25, 0.3) is 0 Å². The van der Waals surface area contributed by atoms with Crippen LogP contribution < -0.4 is 5.73 Å². The smallest absolute Gasteiger partial charge is 0.239 e. The third kappa shape index (κ3) is 4.21. The van der Waals surface area contributed by atoms with Gasteiger partial charge < -0.3 is 10.6 Å². The quantitative estimate of drug-likeness (QED) is 0.847. The number of hydrogen-bond acceptors (Lipinski definition) is 3. The van der Waals surface area contributed by atoms with Crippen molar-refractivity contribution in [3.63, 3.8) is 0 Å². The molecule has 0 saturated carbocycles. The van der Waals surface area contributed by atoms with Crippen LogP contribution in [0.5, 0.6) is 0 Å². The van der Waals surface area contributed by atoms with Gasteiger partial charge in [0.05, 0.1) is 6.04 Å². The monoisotopic (exact) mass is 289 g/mol. The number of nitrogens with zero attached hydrogens (tertiary/aromatic N) is 2. The molecule has 2 rings (SSSR count). The molecule has 1 aromatic rings. The molecule has 0 aromatic heterocycles. The average molecular weight is 289 g/mol. The first-order valence-electron chi connectivity index (χ1n) is 7.99. The average Bonchev–Trinajstić information content (AvgIpc) is 2.54. The normalized spacial score (nSPS) is 17.0. The van der Waals surface area contributed by atoms with Gasteiger partial charge in [-0.3, -0.25) is 9.69 Å². The Morgan fingerprint density at radius 1 is 1.24 bits per heavy atom. The van der Waals surface area contributed by atoms with Crippen molar-refractivity contribution in [3.8, 4) is 0 Å². The number of likely N-dealkylation sites (tertiary alicyclic amines) is 1. The molecule has 1 aliphatic rings. The third-order valence-corrected chi connectivity index (χ3v) is 4.34. The summed E-state index contributed by atoms with van der Waals surface area (Å²) >= 11 is 0. The maximum atomic E-state index is 12.6. The standard InChI is InChI=1S/C17H27N3O/c1-3-19(13-15-7-9-16(18)10-8-15)14(2)17(21)20-11-5-4-6-12-20/h7-10,14H,3-6,11-13,18H2,1-2H3. The molecule has 1 aliphatic heterocycles. The molecular weight excluding hydrogens is 262 g/mol. The predicted octanol–water partition coefficient (Wildman–Crippen LogP) is 2.49. The summed E-state index contributed by atoms with van der Waals surface area (Å²) < 4.78 is 0. The Morgan fingerprint density at radius 2 is 1.86 bits per heavy atom. The Morgan fingerprint density at radius 3 is 2.43 bits per heavy atom. The lowest BCUT2D eigenvalue weighted by molar-refractivity contribution is -0.137. The third-order valence-electron chi connectivity index (χ3n) is 4.34. The summed E-state index contributed by atoms with van der Waals surface area (Å²) in [6.45, 7) is 7.63. The lowest BCUT2D eigenvalue weighted by Crippen LogP contribution is -2.48. The van der Waals surface area contributed by atoms with Gasteiger partial charge >= 0.3 is 0 Å². The van der Waals surface area contributed by atoms with Crippen molar-refractivity contribution in [2.75, 3.05) is 25.4 Å². The highest BCUT2D eigenvalue weighted by atomic mass is 16.2. The van der Waals surface area contributed by atoms with Crippen LogP contribution in [0.4, 0.5) is 5.69 Å². The lowest BCUT2D eigenvalue weighted by atomic mass is 10.1. The Hall–Kier alpha value is -1.55. The molecular formula is C17H27N3O. The Bertz CT molecular complexity index is 452.